The molecule has 2 rings (SSSR count). The van der Waals surface area contributed by atoms with Crippen molar-refractivity contribution in [3.63, 3.8) is 0 Å². The third kappa shape index (κ3) is 6.64. The van der Waals surface area contributed by atoms with Crippen molar-refractivity contribution in [1.29, 1.82) is 0 Å². The van der Waals surface area contributed by atoms with Crippen molar-refractivity contribution in [1.82, 2.24) is 10.2 Å². The summed E-state index contributed by atoms with van der Waals surface area (Å²) in [7, 11) is 0. The molecule has 0 saturated carbocycles. The first kappa shape index (κ1) is 24.0. The molecule has 0 aliphatic rings. The van der Waals surface area contributed by atoms with Gasteiger partial charge in [-0.2, -0.15) is 0 Å². The Morgan fingerprint density at radius 1 is 1.07 bits per heavy atom. The Labute approximate surface area is 188 Å². The number of hydrogen-bond acceptors (Lipinski definition) is 3. The second kappa shape index (κ2) is 11.8. The van der Waals surface area contributed by atoms with Crippen LogP contribution in [0.2, 0.25) is 10.0 Å². The summed E-state index contributed by atoms with van der Waals surface area (Å²) < 4.78 is 5.67. The van der Waals surface area contributed by atoms with E-state index in [1.54, 1.807) is 25.1 Å². The van der Waals surface area contributed by atoms with Crippen LogP contribution in [0.5, 0.6) is 5.75 Å². The van der Waals surface area contributed by atoms with Gasteiger partial charge >= 0.3 is 0 Å². The van der Waals surface area contributed by atoms with Crippen LogP contribution in [0.1, 0.15) is 38.3 Å². The lowest BCUT2D eigenvalue weighted by Crippen LogP contribution is -2.49. The number of hydrogen-bond donors (Lipinski definition) is 1. The van der Waals surface area contributed by atoms with Crippen LogP contribution < -0.4 is 10.1 Å². The van der Waals surface area contributed by atoms with Gasteiger partial charge in [0, 0.05) is 28.7 Å². The molecule has 162 valence electrons. The molecular formula is C23H28Cl2N2O3. The van der Waals surface area contributed by atoms with E-state index < -0.39 is 6.04 Å². The molecule has 1 atom stereocenters. The lowest BCUT2D eigenvalue weighted by molar-refractivity contribution is -0.142. The average Bonchev–Trinajstić information content (AvgIpc) is 2.75. The topological polar surface area (TPSA) is 58.6 Å². The van der Waals surface area contributed by atoms with Gasteiger partial charge in [0.05, 0.1) is 0 Å². The van der Waals surface area contributed by atoms with Crippen LogP contribution in [0.3, 0.4) is 0 Å². The van der Waals surface area contributed by atoms with E-state index in [1.807, 2.05) is 31.2 Å². The molecule has 0 saturated heterocycles. The lowest BCUT2D eigenvalue weighted by atomic mass is 10.1. The highest BCUT2D eigenvalue weighted by Gasteiger charge is 2.27. The Morgan fingerprint density at radius 3 is 2.27 bits per heavy atom. The summed E-state index contributed by atoms with van der Waals surface area (Å²) in [6, 6.07) is 12.0. The number of amides is 2. The zero-order valence-electron chi connectivity index (χ0n) is 17.6. The fraction of sp³-hybridized carbons (Fsp3) is 0.391. The van der Waals surface area contributed by atoms with Gasteiger partial charge in [0.15, 0.2) is 6.61 Å². The van der Waals surface area contributed by atoms with Crippen molar-refractivity contribution < 1.29 is 14.3 Å². The van der Waals surface area contributed by atoms with Gasteiger partial charge in [-0.15, -0.1) is 0 Å². The zero-order valence-corrected chi connectivity index (χ0v) is 19.1. The molecule has 2 amide bonds. The minimum atomic E-state index is -0.706. The predicted octanol–water partition coefficient (Wildman–Crippen LogP) is 4.88. The summed E-state index contributed by atoms with van der Waals surface area (Å²) in [6.07, 6.45) is 1.73. The van der Waals surface area contributed by atoms with Gasteiger partial charge in [0.1, 0.15) is 11.8 Å². The van der Waals surface area contributed by atoms with Gasteiger partial charge in [-0.25, -0.2) is 0 Å². The summed E-state index contributed by atoms with van der Waals surface area (Å²) in [4.78, 5) is 27.0. The zero-order chi connectivity index (χ0) is 22.1. The van der Waals surface area contributed by atoms with E-state index in [0.29, 0.717) is 27.9 Å². The molecule has 1 N–H and O–H groups in total. The number of halogens is 2. The molecule has 30 heavy (non-hydrogen) atoms. The summed E-state index contributed by atoms with van der Waals surface area (Å²) in [5.74, 6) is 0.0322. The van der Waals surface area contributed by atoms with Crippen LogP contribution in [-0.2, 0) is 22.6 Å². The molecule has 0 bridgehead atoms. The van der Waals surface area contributed by atoms with Crippen LogP contribution in [0.15, 0.2) is 42.5 Å². The van der Waals surface area contributed by atoms with Gasteiger partial charge in [0.2, 0.25) is 5.91 Å². The molecule has 0 unspecified atom stereocenters. The molecule has 0 heterocycles. The van der Waals surface area contributed by atoms with E-state index >= 15 is 0 Å². The van der Waals surface area contributed by atoms with Crippen LogP contribution in [-0.4, -0.2) is 35.9 Å². The molecule has 0 aliphatic carbocycles. The number of rotatable bonds is 10. The number of nitrogens with one attached hydrogen (secondary N) is 1. The van der Waals surface area contributed by atoms with Gasteiger partial charge in [-0.05, 0) is 49.6 Å². The first-order valence-electron chi connectivity index (χ1n) is 10.1. The highest BCUT2D eigenvalue weighted by Crippen LogP contribution is 2.26. The molecular weight excluding hydrogens is 423 g/mol. The number of benzene rings is 2. The standard InChI is InChI=1S/C23H28Cl2N2O3/c1-4-13-26-23(29)16(3)27(14-19-20(24)7-6-8-21(19)25)22(28)15-30-18-11-9-17(5-2)10-12-18/h6-12,16H,4-5,13-15H2,1-3H3,(H,26,29)/t16-/m0/s1. The summed E-state index contributed by atoms with van der Waals surface area (Å²) in [6.45, 7) is 6.17. The lowest BCUT2D eigenvalue weighted by Gasteiger charge is -2.29. The molecule has 0 radical (unpaired) electrons. The maximum atomic E-state index is 13.0. The third-order valence-corrected chi connectivity index (χ3v) is 5.51. The number of carbonyl (C=O) groups excluding carboxylic acids is 2. The molecule has 0 aromatic heterocycles. The predicted molar refractivity (Wildman–Crippen MR) is 121 cm³/mol. The maximum Gasteiger partial charge on any atom is 0.261 e. The number of nitrogens with zero attached hydrogens (tertiary/aromatic N) is 1. The fourth-order valence-electron chi connectivity index (χ4n) is 2.88. The maximum absolute atomic E-state index is 13.0. The fourth-order valence-corrected chi connectivity index (χ4v) is 3.40. The number of carbonyl (C=O) groups is 2. The van der Waals surface area contributed by atoms with Crippen molar-refractivity contribution in [2.24, 2.45) is 0 Å². The summed E-state index contributed by atoms with van der Waals surface area (Å²) in [5.41, 5.74) is 1.78. The van der Waals surface area contributed by atoms with Crippen molar-refractivity contribution >= 4 is 35.0 Å². The molecule has 5 nitrogen and oxygen atoms in total. The molecule has 2 aromatic carbocycles. The van der Waals surface area contributed by atoms with Crippen molar-refractivity contribution in [2.75, 3.05) is 13.2 Å². The molecule has 0 spiro atoms. The Hall–Kier alpha value is -2.24. The minimum absolute atomic E-state index is 0.107. The highest BCUT2D eigenvalue weighted by molar-refractivity contribution is 6.36. The average molecular weight is 451 g/mol. The molecule has 0 fully saturated rings. The van der Waals surface area contributed by atoms with E-state index in [0.717, 1.165) is 12.8 Å². The monoisotopic (exact) mass is 450 g/mol. The normalized spacial score (nSPS) is 11.6. The van der Waals surface area contributed by atoms with Gasteiger partial charge in [-0.1, -0.05) is 55.2 Å². The molecule has 0 aliphatic heterocycles. The van der Waals surface area contributed by atoms with E-state index in [9.17, 15) is 9.59 Å². The molecule has 2 aromatic rings. The van der Waals surface area contributed by atoms with E-state index in [4.69, 9.17) is 27.9 Å². The SMILES string of the molecule is CCCNC(=O)[C@H](C)N(Cc1c(Cl)cccc1Cl)C(=O)COc1ccc(CC)cc1. The van der Waals surface area contributed by atoms with Gasteiger partial charge in [0.25, 0.3) is 5.91 Å². The smallest absolute Gasteiger partial charge is 0.261 e. The van der Waals surface area contributed by atoms with Gasteiger partial charge < -0.3 is 15.0 Å². The van der Waals surface area contributed by atoms with Crippen LogP contribution in [0.4, 0.5) is 0 Å². The van der Waals surface area contributed by atoms with Crippen LogP contribution in [0, 0.1) is 0 Å². The Kier molecular flexibility index (Phi) is 9.47. The third-order valence-electron chi connectivity index (χ3n) is 4.80. The molecule has 7 heteroatoms. The van der Waals surface area contributed by atoms with Crippen LogP contribution in [0.25, 0.3) is 0 Å². The number of ether oxygens (including phenoxy) is 1. The van der Waals surface area contributed by atoms with E-state index in [2.05, 4.69) is 12.2 Å². The first-order valence-corrected chi connectivity index (χ1v) is 10.8. The van der Waals surface area contributed by atoms with Crippen molar-refractivity contribution in [2.45, 2.75) is 46.2 Å². The van der Waals surface area contributed by atoms with E-state index in [1.165, 1.54) is 10.5 Å². The Balaban J connectivity index is 2.18. The van der Waals surface area contributed by atoms with Gasteiger partial charge in [-0.3, -0.25) is 9.59 Å². The largest absolute Gasteiger partial charge is 0.484 e. The summed E-state index contributed by atoms with van der Waals surface area (Å²) >= 11 is 12.6. The van der Waals surface area contributed by atoms with Crippen molar-refractivity contribution in [3.05, 3.63) is 63.6 Å². The second-order valence-electron chi connectivity index (χ2n) is 6.98. The highest BCUT2D eigenvalue weighted by atomic mass is 35.5. The summed E-state index contributed by atoms with van der Waals surface area (Å²) in [5, 5.41) is 3.71. The Morgan fingerprint density at radius 2 is 1.70 bits per heavy atom. The Bertz CT molecular complexity index is 836. The quantitative estimate of drug-likeness (QED) is 0.560. The van der Waals surface area contributed by atoms with E-state index in [-0.39, 0.29) is 25.0 Å². The first-order chi connectivity index (χ1) is 14.4. The van der Waals surface area contributed by atoms with Crippen LogP contribution >= 0.6 is 23.2 Å². The second-order valence-corrected chi connectivity index (χ2v) is 7.79. The minimum Gasteiger partial charge on any atom is -0.484 e. The number of aryl methyl sites for hydroxylation is 1. The van der Waals surface area contributed by atoms with Crippen molar-refractivity contribution in [3.8, 4) is 5.75 Å².